The quantitative estimate of drug-likeness (QED) is 0.782. The van der Waals surface area contributed by atoms with Crippen LogP contribution in [0.3, 0.4) is 0 Å². The van der Waals surface area contributed by atoms with E-state index in [-0.39, 0.29) is 12.6 Å². The minimum atomic E-state index is -0.270. The Morgan fingerprint density at radius 3 is 2.79 bits per heavy atom. The number of aliphatic hydroxyl groups excluding tert-OH is 1. The summed E-state index contributed by atoms with van der Waals surface area (Å²) < 4.78 is 1.83. The Morgan fingerprint density at radius 1 is 1.64 bits per heavy atom. The van der Waals surface area contributed by atoms with E-state index in [2.05, 4.69) is 5.10 Å². The number of nitrogens with zero attached hydrogens (tertiary/aromatic N) is 2. The van der Waals surface area contributed by atoms with E-state index in [1.165, 1.54) is 0 Å². The topological polar surface area (TPSA) is 64.1 Å². The fourth-order valence-electron chi connectivity index (χ4n) is 1.38. The van der Waals surface area contributed by atoms with Crippen molar-refractivity contribution in [3.05, 3.63) is 16.4 Å². The first-order chi connectivity index (χ1) is 6.60. The molecule has 14 heavy (non-hydrogen) atoms. The average Bonchev–Trinajstić information content (AvgIpc) is 2.45. The van der Waals surface area contributed by atoms with E-state index in [0.29, 0.717) is 11.4 Å². The smallest absolute Gasteiger partial charge is 0.0847 e. The Hall–Kier alpha value is -0.580. The molecular formula is C9H16ClN3O. The Balaban J connectivity index is 2.93. The number of aryl methyl sites for hydroxylation is 2. The summed E-state index contributed by atoms with van der Waals surface area (Å²) in [6.07, 6.45) is 0.560. The second kappa shape index (κ2) is 4.77. The molecule has 0 bridgehead atoms. The average molecular weight is 218 g/mol. The van der Waals surface area contributed by atoms with Gasteiger partial charge in [-0.2, -0.15) is 5.10 Å². The molecule has 1 heterocycles. The van der Waals surface area contributed by atoms with Crippen LogP contribution in [0.15, 0.2) is 0 Å². The van der Waals surface area contributed by atoms with Crippen molar-refractivity contribution in [2.45, 2.75) is 32.9 Å². The lowest BCUT2D eigenvalue weighted by Gasteiger charge is -2.09. The maximum Gasteiger partial charge on any atom is 0.0847 e. The summed E-state index contributed by atoms with van der Waals surface area (Å²) in [5.74, 6) is 0. The molecule has 0 amide bonds. The molecule has 0 aliphatic rings. The monoisotopic (exact) mass is 217 g/mol. The summed E-state index contributed by atoms with van der Waals surface area (Å²) in [6.45, 7) is 4.59. The van der Waals surface area contributed by atoms with Crippen LogP contribution in [0.1, 0.15) is 18.3 Å². The molecule has 0 aliphatic heterocycles. The molecule has 1 unspecified atom stereocenters. The molecule has 5 heteroatoms. The highest BCUT2D eigenvalue weighted by molar-refractivity contribution is 6.31. The molecule has 0 aromatic carbocycles. The van der Waals surface area contributed by atoms with Gasteiger partial charge in [0, 0.05) is 19.0 Å². The number of aromatic nitrogens is 2. The van der Waals surface area contributed by atoms with Gasteiger partial charge in [0.25, 0.3) is 0 Å². The molecule has 1 rings (SSSR count). The predicted molar refractivity (Wildman–Crippen MR) is 56.4 cm³/mol. The second-order valence-electron chi connectivity index (χ2n) is 3.31. The van der Waals surface area contributed by atoms with Crippen LogP contribution in [0.25, 0.3) is 0 Å². The minimum Gasteiger partial charge on any atom is -0.395 e. The van der Waals surface area contributed by atoms with E-state index in [0.717, 1.165) is 17.9 Å². The molecule has 3 N–H and O–H groups in total. The first kappa shape index (κ1) is 11.5. The summed E-state index contributed by atoms with van der Waals surface area (Å²) in [7, 11) is 0. The third-order valence-electron chi connectivity index (χ3n) is 2.14. The fourth-order valence-corrected chi connectivity index (χ4v) is 1.59. The van der Waals surface area contributed by atoms with Crippen LogP contribution in [0.2, 0.25) is 5.02 Å². The van der Waals surface area contributed by atoms with Gasteiger partial charge < -0.3 is 10.8 Å². The molecule has 1 aromatic heterocycles. The van der Waals surface area contributed by atoms with Crippen LogP contribution in [0.4, 0.5) is 0 Å². The molecule has 1 atom stereocenters. The highest BCUT2D eigenvalue weighted by Gasteiger charge is 2.14. The number of nitrogens with two attached hydrogens (primary N) is 1. The highest BCUT2D eigenvalue weighted by atomic mass is 35.5. The summed E-state index contributed by atoms with van der Waals surface area (Å²) in [6, 6.07) is -0.270. The van der Waals surface area contributed by atoms with Crippen molar-refractivity contribution < 1.29 is 5.11 Å². The van der Waals surface area contributed by atoms with E-state index in [1.54, 1.807) is 0 Å². The molecule has 0 fully saturated rings. The summed E-state index contributed by atoms with van der Waals surface area (Å²) in [4.78, 5) is 0. The third-order valence-corrected chi connectivity index (χ3v) is 2.63. The van der Waals surface area contributed by atoms with Gasteiger partial charge in [-0.25, -0.2) is 0 Å². The lowest BCUT2D eigenvalue weighted by Crippen LogP contribution is -2.28. The van der Waals surface area contributed by atoms with Crippen LogP contribution in [0, 0.1) is 6.92 Å². The van der Waals surface area contributed by atoms with E-state index < -0.39 is 0 Å². The van der Waals surface area contributed by atoms with Gasteiger partial charge in [0.1, 0.15) is 0 Å². The number of rotatable bonds is 4. The largest absolute Gasteiger partial charge is 0.395 e. The predicted octanol–water partition coefficient (Wildman–Crippen LogP) is 0.727. The van der Waals surface area contributed by atoms with Crippen LogP contribution in [-0.4, -0.2) is 27.5 Å². The van der Waals surface area contributed by atoms with E-state index >= 15 is 0 Å². The Bertz CT molecular complexity index is 311. The molecular weight excluding hydrogens is 202 g/mol. The molecule has 0 radical (unpaired) electrons. The Labute approximate surface area is 88.7 Å². The van der Waals surface area contributed by atoms with Crippen LogP contribution in [-0.2, 0) is 13.0 Å². The van der Waals surface area contributed by atoms with Crippen molar-refractivity contribution in [1.29, 1.82) is 0 Å². The number of hydrogen-bond acceptors (Lipinski definition) is 3. The molecule has 0 spiro atoms. The maximum atomic E-state index is 8.86. The van der Waals surface area contributed by atoms with Gasteiger partial charge in [0.15, 0.2) is 0 Å². The van der Waals surface area contributed by atoms with E-state index in [4.69, 9.17) is 22.4 Å². The van der Waals surface area contributed by atoms with Gasteiger partial charge in [0.2, 0.25) is 0 Å². The van der Waals surface area contributed by atoms with Gasteiger partial charge in [-0.1, -0.05) is 11.6 Å². The normalized spacial score (nSPS) is 13.2. The van der Waals surface area contributed by atoms with E-state index in [1.807, 2.05) is 18.5 Å². The van der Waals surface area contributed by atoms with Crippen molar-refractivity contribution in [2.24, 2.45) is 5.73 Å². The van der Waals surface area contributed by atoms with Crippen molar-refractivity contribution >= 4 is 11.6 Å². The summed E-state index contributed by atoms with van der Waals surface area (Å²) in [5, 5.41) is 13.8. The number of aliphatic hydroxyl groups is 1. The SMILES string of the molecule is CCn1nc(C)c(Cl)c1CC(N)CO. The number of halogens is 1. The molecule has 0 aliphatic carbocycles. The zero-order chi connectivity index (χ0) is 10.7. The molecule has 1 aromatic rings. The Kier molecular flexibility index (Phi) is 3.92. The maximum absolute atomic E-state index is 8.86. The molecule has 0 saturated carbocycles. The lowest BCUT2D eigenvalue weighted by molar-refractivity contribution is 0.263. The van der Waals surface area contributed by atoms with Crippen molar-refractivity contribution in [3.8, 4) is 0 Å². The van der Waals surface area contributed by atoms with Gasteiger partial charge in [-0.05, 0) is 13.8 Å². The standard InChI is InChI=1S/C9H16ClN3O/c1-3-13-8(4-7(11)5-14)9(10)6(2)12-13/h7,14H,3-5,11H2,1-2H3. The second-order valence-corrected chi connectivity index (χ2v) is 3.69. The number of hydrogen-bond donors (Lipinski definition) is 2. The van der Waals surface area contributed by atoms with Gasteiger partial charge in [-0.15, -0.1) is 0 Å². The zero-order valence-corrected chi connectivity index (χ0v) is 9.25. The molecule has 80 valence electrons. The van der Waals surface area contributed by atoms with Gasteiger partial charge in [-0.3, -0.25) is 4.68 Å². The van der Waals surface area contributed by atoms with Gasteiger partial charge in [0.05, 0.1) is 23.0 Å². The third kappa shape index (κ3) is 2.26. The summed E-state index contributed by atoms with van der Waals surface area (Å²) >= 11 is 6.07. The van der Waals surface area contributed by atoms with Crippen molar-refractivity contribution in [3.63, 3.8) is 0 Å². The fraction of sp³-hybridized carbons (Fsp3) is 0.667. The van der Waals surface area contributed by atoms with Crippen LogP contribution < -0.4 is 5.73 Å². The van der Waals surface area contributed by atoms with Crippen molar-refractivity contribution in [1.82, 2.24) is 9.78 Å². The first-order valence-corrected chi connectivity index (χ1v) is 5.06. The first-order valence-electron chi connectivity index (χ1n) is 4.68. The lowest BCUT2D eigenvalue weighted by atomic mass is 10.1. The van der Waals surface area contributed by atoms with Crippen molar-refractivity contribution in [2.75, 3.05) is 6.61 Å². The van der Waals surface area contributed by atoms with E-state index in [9.17, 15) is 0 Å². The minimum absolute atomic E-state index is 0.0374. The highest BCUT2D eigenvalue weighted by Crippen LogP contribution is 2.21. The van der Waals surface area contributed by atoms with Gasteiger partial charge >= 0.3 is 0 Å². The zero-order valence-electron chi connectivity index (χ0n) is 8.50. The van der Waals surface area contributed by atoms with Crippen LogP contribution in [0.5, 0.6) is 0 Å². The van der Waals surface area contributed by atoms with Crippen LogP contribution >= 0.6 is 11.6 Å². The molecule has 0 saturated heterocycles. The summed E-state index contributed by atoms with van der Waals surface area (Å²) in [5.41, 5.74) is 7.38. The Morgan fingerprint density at radius 2 is 2.29 bits per heavy atom. The molecule has 4 nitrogen and oxygen atoms in total.